The van der Waals surface area contributed by atoms with Crippen molar-refractivity contribution in [3.63, 3.8) is 0 Å². The first kappa shape index (κ1) is 22.7. The molecule has 1 atom stereocenters. The van der Waals surface area contributed by atoms with Gasteiger partial charge in [0.25, 0.3) is 0 Å². The fourth-order valence-electron chi connectivity index (χ4n) is 5.27. The van der Waals surface area contributed by atoms with Crippen molar-refractivity contribution in [2.24, 2.45) is 10.8 Å². The van der Waals surface area contributed by atoms with E-state index in [-0.39, 0.29) is 0 Å². The maximum atomic E-state index is 14.7. The van der Waals surface area contributed by atoms with Crippen LogP contribution < -0.4 is 0 Å². The number of benzene rings is 2. The standard InChI is InChI=1S/C23H23Cl2F3S2/c1-18(2)22(24,25)19(3,4)23(18)29-17(21(26,27)28)20(30-23,15-11-7-5-8-12-15)16-13-9-6-10-14-16/h5-14,17H,1-4H3. The van der Waals surface area contributed by atoms with E-state index >= 15 is 0 Å². The van der Waals surface area contributed by atoms with Gasteiger partial charge in [0.15, 0.2) is 0 Å². The van der Waals surface area contributed by atoms with E-state index in [0.717, 1.165) is 11.8 Å². The van der Waals surface area contributed by atoms with Crippen LogP contribution in [0.5, 0.6) is 0 Å². The summed E-state index contributed by atoms with van der Waals surface area (Å²) in [6.07, 6.45) is -4.42. The molecule has 1 aliphatic heterocycles. The first-order valence-electron chi connectivity index (χ1n) is 9.69. The lowest BCUT2D eigenvalue weighted by Gasteiger charge is -2.72. The van der Waals surface area contributed by atoms with Crippen LogP contribution in [0.25, 0.3) is 0 Å². The predicted molar refractivity (Wildman–Crippen MR) is 123 cm³/mol. The second kappa shape index (κ2) is 6.76. The molecule has 1 aliphatic carbocycles. The molecule has 0 amide bonds. The van der Waals surface area contributed by atoms with Crippen molar-refractivity contribution in [1.29, 1.82) is 0 Å². The molecule has 2 aromatic rings. The largest absolute Gasteiger partial charge is 0.402 e. The van der Waals surface area contributed by atoms with Gasteiger partial charge in [-0.2, -0.15) is 13.2 Å². The summed E-state index contributed by atoms with van der Waals surface area (Å²) in [5, 5.41) is -1.65. The molecule has 1 saturated carbocycles. The van der Waals surface area contributed by atoms with Crippen molar-refractivity contribution < 1.29 is 13.2 Å². The second-order valence-electron chi connectivity index (χ2n) is 9.05. The van der Waals surface area contributed by atoms with Gasteiger partial charge in [-0.15, -0.1) is 46.7 Å². The number of rotatable bonds is 2. The molecule has 1 heterocycles. The van der Waals surface area contributed by atoms with Gasteiger partial charge in [-0.05, 0) is 11.1 Å². The van der Waals surface area contributed by atoms with Crippen molar-refractivity contribution in [1.82, 2.24) is 0 Å². The van der Waals surface area contributed by atoms with E-state index < -0.39 is 35.4 Å². The molecule has 0 radical (unpaired) electrons. The molecule has 0 aromatic heterocycles. The van der Waals surface area contributed by atoms with Gasteiger partial charge < -0.3 is 0 Å². The lowest BCUT2D eigenvalue weighted by atomic mass is 9.53. The van der Waals surface area contributed by atoms with Gasteiger partial charge in [-0.25, -0.2) is 0 Å². The van der Waals surface area contributed by atoms with Gasteiger partial charge in [-0.3, -0.25) is 0 Å². The minimum Gasteiger partial charge on any atom is -0.170 e. The Morgan fingerprint density at radius 1 is 0.767 bits per heavy atom. The number of halogens is 5. The molecule has 2 aliphatic rings. The maximum absolute atomic E-state index is 14.7. The summed E-state index contributed by atoms with van der Waals surface area (Å²) in [5.74, 6) is 0. The Labute approximate surface area is 194 Å². The Kier molecular flexibility index (Phi) is 5.11. The zero-order chi connectivity index (χ0) is 22.2. The lowest BCUT2D eigenvalue weighted by molar-refractivity contribution is -0.132. The van der Waals surface area contributed by atoms with Crippen LogP contribution in [-0.4, -0.2) is 19.8 Å². The van der Waals surface area contributed by atoms with E-state index in [2.05, 4.69) is 0 Å². The lowest BCUT2D eigenvalue weighted by Crippen LogP contribution is -2.76. The molecule has 2 aromatic carbocycles. The smallest absolute Gasteiger partial charge is 0.170 e. The number of thioether (sulfide) groups is 2. The number of hydrogen-bond donors (Lipinski definition) is 0. The van der Waals surface area contributed by atoms with Crippen LogP contribution in [0.15, 0.2) is 60.7 Å². The maximum Gasteiger partial charge on any atom is 0.402 e. The SMILES string of the molecule is CC1(C)C(Cl)(Cl)C(C)(C)C12SC(C(F)(F)F)C(c1ccccc1)(c1ccccc1)S2. The second-order valence-corrected chi connectivity index (χ2v) is 13.4. The van der Waals surface area contributed by atoms with Gasteiger partial charge in [0.05, 0.1) is 8.83 Å². The molecule has 30 heavy (non-hydrogen) atoms. The fraction of sp³-hybridized carbons (Fsp3) is 0.478. The average molecular weight is 491 g/mol. The quantitative estimate of drug-likeness (QED) is 0.388. The normalized spacial score (nSPS) is 27.6. The molecule has 1 saturated heterocycles. The topological polar surface area (TPSA) is 0 Å². The van der Waals surface area contributed by atoms with Crippen molar-refractivity contribution >= 4 is 46.7 Å². The fourth-order valence-corrected chi connectivity index (χ4v) is 11.3. The Balaban J connectivity index is 2.03. The molecule has 4 rings (SSSR count). The first-order valence-corrected chi connectivity index (χ1v) is 12.1. The summed E-state index contributed by atoms with van der Waals surface area (Å²) in [6.45, 7) is 7.55. The highest BCUT2D eigenvalue weighted by molar-refractivity contribution is 8.22. The highest BCUT2D eigenvalue weighted by Crippen LogP contribution is 2.88. The summed E-state index contributed by atoms with van der Waals surface area (Å²) in [7, 11) is 0. The third-order valence-electron chi connectivity index (χ3n) is 6.88. The minimum atomic E-state index is -4.42. The van der Waals surface area contributed by atoms with Gasteiger partial charge in [-0.1, -0.05) is 88.4 Å². The van der Waals surface area contributed by atoms with Crippen molar-refractivity contribution in [2.75, 3.05) is 0 Å². The molecule has 1 spiro atoms. The van der Waals surface area contributed by atoms with Crippen molar-refractivity contribution in [3.05, 3.63) is 71.8 Å². The van der Waals surface area contributed by atoms with Crippen LogP contribution in [0, 0.1) is 10.8 Å². The molecule has 7 heteroatoms. The average Bonchev–Trinajstić information content (AvgIpc) is 3.09. The number of alkyl halides is 5. The van der Waals surface area contributed by atoms with Crippen LogP contribution in [-0.2, 0) is 4.75 Å². The van der Waals surface area contributed by atoms with E-state index in [1.54, 1.807) is 48.5 Å². The molecule has 162 valence electrons. The zero-order valence-electron chi connectivity index (χ0n) is 17.1. The van der Waals surface area contributed by atoms with Crippen LogP contribution in [0.3, 0.4) is 0 Å². The van der Waals surface area contributed by atoms with Gasteiger partial charge in [0.2, 0.25) is 0 Å². The van der Waals surface area contributed by atoms with E-state index in [9.17, 15) is 13.2 Å². The summed E-state index contributed by atoms with van der Waals surface area (Å²) in [6, 6.07) is 18.0. The Hall–Kier alpha value is -0.490. The van der Waals surface area contributed by atoms with Gasteiger partial charge in [0, 0.05) is 10.8 Å². The van der Waals surface area contributed by atoms with Crippen molar-refractivity contribution in [2.45, 2.75) is 52.3 Å². The first-order chi connectivity index (χ1) is 13.8. The molecule has 2 fully saturated rings. The van der Waals surface area contributed by atoms with Crippen LogP contribution in [0.1, 0.15) is 38.8 Å². The highest BCUT2D eigenvalue weighted by Gasteiger charge is 2.86. The Bertz CT molecular complexity index is 882. The summed E-state index contributed by atoms with van der Waals surface area (Å²) < 4.78 is 40.9. The summed E-state index contributed by atoms with van der Waals surface area (Å²) in [5.41, 5.74) is -0.227. The third-order valence-corrected chi connectivity index (χ3v) is 14.0. The highest BCUT2D eigenvalue weighted by atomic mass is 35.5. The van der Waals surface area contributed by atoms with E-state index in [0.29, 0.717) is 11.1 Å². The van der Waals surface area contributed by atoms with Crippen LogP contribution >= 0.6 is 46.7 Å². The molecular formula is C23H23Cl2F3S2. The van der Waals surface area contributed by atoms with Gasteiger partial charge in [0.1, 0.15) is 9.58 Å². The number of hydrogen-bond acceptors (Lipinski definition) is 2. The minimum absolute atomic E-state index is 0.640. The predicted octanol–water partition coefficient (Wildman–Crippen LogP) is 8.28. The van der Waals surface area contributed by atoms with Gasteiger partial charge >= 0.3 is 6.18 Å². The Morgan fingerprint density at radius 2 is 1.17 bits per heavy atom. The van der Waals surface area contributed by atoms with Crippen LogP contribution in [0.4, 0.5) is 13.2 Å². The van der Waals surface area contributed by atoms with Crippen molar-refractivity contribution in [3.8, 4) is 0 Å². The molecule has 0 N–H and O–H groups in total. The van der Waals surface area contributed by atoms with Crippen LogP contribution in [0.2, 0.25) is 0 Å². The zero-order valence-corrected chi connectivity index (χ0v) is 20.2. The molecule has 1 unspecified atom stereocenters. The molecule has 0 bridgehead atoms. The monoisotopic (exact) mass is 490 g/mol. The molecule has 0 nitrogen and oxygen atoms in total. The van der Waals surface area contributed by atoms with E-state index in [1.807, 2.05) is 39.8 Å². The third kappa shape index (κ3) is 2.58. The van der Waals surface area contributed by atoms with E-state index in [1.165, 1.54) is 11.8 Å². The summed E-state index contributed by atoms with van der Waals surface area (Å²) in [4.78, 5) is 0. The summed E-state index contributed by atoms with van der Waals surface area (Å²) >= 11 is 15.9. The van der Waals surface area contributed by atoms with E-state index in [4.69, 9.17) is 23.2 Å². The Morgan fingerprint density at radius 3 is 1.53 bits per heavy atom. The molecular weight excluding hydrogens is 468 g/mol.